The van der Waals surface area contributed by atoms with Crippen molar-refractivity contribution in [2.24, 2.45) is 11.8 Å². The SMILES string of the molecule is c1ccc2c(c1)CCC2N1CC2CNCC2C1. The Morgan fingerprint density at radius 3 is 2.65 bits per heavy atom. The molecule has 3 unspecified atom stereocenters. The molecule has 0 radical (unpaired) electrons. The second kappa shape index (κ2) is 3.82. The van der Waals surface area contributed by atoms with E-state index in [9.17, 15) is 0 Å². The van der Waals surface area contributed by atoms with Crippen molar-refractivity contribution in [3.05, 3.63) is 35.4 Å². The van der Waals surface area contributed by atoms with E-state index in [2.05, 4.69) is 34.5 Å². The van der Waals surface area contributed by atoms with E-state index in [-0.39, 0.29) is 0 Å². The van der Waals surface area contributed by atoms with Crippen molar-refractivity contribution in [3.8, 4) is 0 Å². The third-order valence-corrected chi connectivity index (χ3v) is 4.96. The van der Waals surface area contributed by atoms with Crippen LogP contribution in [0.25, 0.3) is 0 Å². The molecule has 0 aromatic heterocycles. The zero-order valence-electron chi connectivity index (χ0n) is 10.2. The maximum atomic E-state index is 3.53. The van der Waals surface area contributed by atoms with Gasteiger partial charge in [-0.3, -0.25) is 4.90 Å². The molecule has 1 aliphatic carbocycles. The van der Waals surface area contributed by atoms with Crippen LogP contribution in [-0.4, -0.2) is 31.1 Å². The van der Waals surface area contributed by atoms with Crippen LogP contribution >= 0.6 is 0 Å². The molecule has 2 saturated heterocycles. The summed E-state index contributed by atoms with van der Waals surface area (Å²) >= 11 is 0. The molecule has 0 amide bonds. The standard InChI is InChI=1S/C15H20N2/c1-2-4-14-11(3-1)5-6-15(14)17-9-12-7-16-8-13(12)10-17/h1-4,12-13,15-16H,5-10H2. The van der Waals surface area contributed by atoms with Crippen LogP contribution in [-0.2, 0) is 6.42 Å². The first-order valence-electron chi connectivity index (χ1n) is 6.94. The number of hydrogen-bond donors (Lipinski definition) is 1. The number of benzene rings is 1. The molecule has 1 aromatic rings. The molecule has 2 fully saturated rings. The fraction of sp³-hybridized carbons (Fsp3) is 0.600. The molecule has 2 heteroatoms. The smallest absolute Gasteiger partial charge is 0.0354 e. The Balaban J connectivity index is 1.58. The summed E-state index contributed by atoms with van der Waals surface area (Å²) in [5, 5.41) is 3.53. The van der Waals surface area contributed by atoms with E-state index in [1.807, 2.05) is 0 Å². The number of rotatable bonds is 1. The van der Waals surface area contributed by atoms with Crippen molar-refractivity contribution in [1.29, 1.82) is 0 Å². The van der Waals surface area contributed by atoms with Gasteiger partial charge in [-0.1, -0.05) is 24.3 Å². The second-order valence-corrected chi connectivity index (χ2v) is 5.89. The predicted octanol–water partition coefficient (Wildman–Crippen LogP) is 1.83. The predicted molar refractivity (Wildman–Crippen MR) is 68.9 cm³/mol. The topological polar surface area (TPSA) is 15.3 Å². The highest BCUT2D eigenvalue weighted by molar-refractivity contribution is 5.34. The van der Waals surface area contributed by atoms with Gasteiger partial charge in [-0.25, -0.2) is 0 Å². The van der Waals surface area contributed by atoms with Gasteiger partial charge in [-0.2, -0.15) is 0 Å². The van der Waals surface area contributed by atoms with Crippen LogP contribution in [0.1, 0.15) is 23.6 Å². The van der Waals surface area contributed by atoms with Gasteiger partial charge >= 0.3 is 0 Å². The van der Waals surface area contributed by atoms with Crippen LogP contribution in [0, 0.1) is 11.8 Å². The van der Waals surface area contributed by atoms with Crippen LogP contribution < -0.4 is 5.32 Å². The minimum absolute atomic E-state index is 0.719. The molecule has 2 heterocycles. The lowest BCUT2D eigenvalue weighted by atomic mass is 10.0. The van der Waals surface area contributed by atoms with Gasteiger partial charge in [0.2, 0.25) is 0 Å². The number of nitrogens with one attached hydrogen (secondary N) is 1. The van der Waals surface area contributed by atoms with E-state index >= 15 is 0 Å². The molecule has 3 aliphatic rings. The summed E-state index contributed by atoms with van der Waals surface area (Å²) in [7, 11) is 0. The highest BCUT2D eigenvalue weighted by Crippen LogP contribution is 2.40. The van der Waals surface area contributed by atoms with E-state index in [0.717, 1.165) is 17.9 Å². The number of hydrogen-bond acceptors (Lipinski definition) is 2. The monoisotopic (exact) mass is 228 g/mol. The molecule has 4 rings (SSSR count). The zero-order chi connectivity index (χ0) is 11.2. The molecule has 0 saturated carbocycles. The quantitative estimate of drug-likeness (QED) is 0.789. The average Bonchev–Trinajstić information content (AvgIpc) is 3.01. The molecule has 1 aromatic carbocycles. The summed E-state index contributed by atoms with van der Waals surface area (Å²) in [4.78, 5) is 2.75. The maximum Gasteiger partial charge on any atom is 0.0354 e. The summed E-state index contributed by atoms with van der Waals surface area (Å²) in [6.45, 7) is 5.12. The second-order valence-electron chi connectivity index (χ2n) is 5.89. The van der Waals surface area contributed by atoms with E-state index < -0.39 is 0 Å². The minimum Gasteiger partial charge on any atom is -0.316 e. The molecule has 2 aliphatic heterocycles. The minimum atomic E-state index is 0.719. The van der Waals surface area contributed by atoms with Crippen LogP contribution in [0.3, 0.4) is 0 Å². The van der Waals surface area contributed by atoms with Gasteiger partial charge in [0.05, 0.1) is 0 Å². The van der Waals surface area contributed by atoms with E-state index in [0.29, 0.717) is 0 Å². The molecule has 3 atom stereocenters. The third kappa shape index (κ3) is 1.54. The van der Waals surface area contributed by atoms with Gasteiger partial charge < -0.3 is 5.32 Å². The largest absolute Gasteiger partial charge is 0.316 e. The van der Waals surface area contributed by atoms with Crippen molar-refractivity contribution >= 4 is 0 Å². The van der Waals surface area contributed by atoms with Gasteiger partial charge in [-0.15, -0.1) is 0 Å². The average molecular weight is 228 g/mol. The first-order chi connectivity index (χ1) is 8.42. The summed E-state index contributed by atoms with van der Waals surface area (Å²) in [5.41, 5.74) is 3.20. The Bertz CT molecular complexity index is 417. The summed E-state index contributed by atoms with van der Waals surface area (Å²) in [6, 6.07) is 9.77. The highest BCUT2D eigenvalue weighted by atomic mass is 15.2. The normalized spacial score (nSPS) is 36.1. The van der Waals surface area contributed by atoms with Gasteiger partial charge in [-0.05, 0) is 48.9 Å². The molecule has 0 spiro atoms. The van der Waals surface area contributed by atoms with Crippen LogP contribution in [0.2, 0.25) is 0 Å². The van der Waals surface area contributed by atoms with Crippen molar-refractivity contribution in [2.45, 2.75) is 18.9 Å². The van der Waals surface area contributed by atoms with E-state index in [4.69, 9.17) is 0 Å². The maximum absolute atomic E-state index is 3.53. The fourth-order valence-corrected chi connectivity index (χ4v) is 4.06. The van der Waals surface area contributed by atoms with E-state index in [1.165, 1.54) is 39.0 Å². The first-order valence-corrected chi connectivity index (χ1v) is 6.94. The number of likely N-dealkylation sites (tertiary alicyclic amines) is 1. The van der Waals surface area contributed by atoms with Crippen molar-refractivity contribution in [2.75, 3.05) is 26.2 Å². The van der Waals surface area contributed by atoms with Gasteiger partial charge in [0.15, 0.2) is 0 Å². The first kappa shape index (κ1) is 10.1. The molecule has 0 bridgehead atoms. The summed E-state index contributed by atoms with van der Waals surface area (Å²) < 4.78 is 0. The molecule has 2 nitrogen and oxygen atoms in total. The molecular formula is C15H20N2. The van der Waals surface area contributed by atoms with Crippen molar-refractivity contribution in [3.63, 3.8) is 0 Å². The van der Waals surface area contributed by atoms with Gasteiger partial charge in [0.1, 0.15) is 0 Å². The Morgan fingerprint density at radius 2 is 1.82 bits per heavy atom. The zero-order valence-corrected chi connectivity index (χ0v) is 10.2. The molecule has 1 N–H and O–H groups in total. The lowest BCUT2D eigenvalue weighted by Crippen LogP contribution is -2.28. The Morgan fingerprint density at radius 1 is 1.06 bits per heavy atom. The molecular weight excluding hydrogens is 208 g/mol. The number of nitrogens with zero attached hydrogens (tertiary/aromatic N) is 1. The van der Waals surface area contributed by atoms with Gasteiger partial charge in [0.25, 0.3) is 0 Å². The Hall–Kier alpha value is -0.860. The van der Waals surface area contributed by atoms with E-state index in [1.54, 1.807) is 11.1 Å². The number of aryl methyl sites for hydroxylation is 1. The summed E-state index contributed by atoms with van der Waals surface area (Å²) in [6.07, 6.45) is 2.62. The molecule has 90 valence electrons. The van der Waals surface area contributed by atoms with Crippen molar-refractivity contribution in [1.82, 2.24) is 10.2 Å². The van der Waals surface area contributed by atoms with Gasteiger partial charge in [0, 0.05) is 19.1 Å². The Labute approximate surface area is 103 Å². The lowest BCUT2D eigenvalue weighted by Gasteiger charge is -2.25. The van der Waals surface area contributed by atoms with Crippen LogP contribution in [0.4, 0.5) is 0 Å². The lowest BCUT2D eigenvalue weighted by molar-refractivity contribution is 0.228. The molecule has 17 heavy (non-hydrogen) atoms. The van der Waals surface area contributed by atoms with Crippen molar-refractivity contribution < 1.29 is 0 Å². The summed E-state index contributed by atoms with van der Waals surface area (Å²) in [5.74, 6) is 1.84. The fourth-order valence-electron chi connectivity index (χ4n) is 4.06. The third-order valence-electron chi connectivity index (χ3n) is 4.96. The van der Waals surface area contributed by atoms with Crippen LogP contribution in [0.5, 0.6) is 0 Å². The Kier molecular flexibility index (Phi) is 2.27. The van der Waals surface area contributed by atoms with Crippen LogP contribution in [0.15, 0.2) is 24.3 Å². The highest BCUT2D eigenvalue weighted by Gasteiger charge is 2.40. The number of fused-ring (bicyclic) bond motifs is 2.